The van der Waals surface area contributed by atoms with E-state index in [9.17, 15) is 19.8 Å². The maximum absolute atomic E-state index is 12.4. The van der Waals surface area contributed by atoms with Crippen molar-refractivity contribution in [2.75, 3.05) is 0 Å². The first-order valence-electron chi connectivity index (χ1n) is 10.4. The predicted octanol–water partition coefficient (Wildman–Crippen LogP) is 5.89. The van der Waals surface area contributed by atoms with Gasteiger partial charge in [-0.2, -0.15) is 0 Å². The van der Waals surface area contributed by atoms with E-state index in [1.54, 1.807) is 0 Å². The van der Waals surface area contributed by atoms with Gasteiger partial charge in [-0.25, -0.2) is 0 Å². The lowest BCUT2D eigenvalue weighted by Crippen LogP contribution is -2.57. The lowest BCUT2D eigenvalue weighted by Gasteiger charge is -2.51. The standard InChI is InChI=1S/C21H38O4/c1-4-6-7-8-9-10-11-14-20(18(22)23)15-12-13-16-21(20,19(24)25)17(3)5-2/h17H,4-16H2,1-3H3,(H,22,23)(H,24,25). The van der Waals surface area contributed by atoms with Crippen molar-refractivity contribution in [1.82, 2.24) is 0 Å². The number of carboxylic acid groups (broad SMARTS) is 2. The van der Waals surface area contributed by atoms with E-state index in [0.29, 0.717) is 25.7 Å². The number of unbranched alkanes of at least 4 members (excludes halogenated alkanes) is 6. The highest BCUT2D eigenvalue weighted by molar-refractivity contribution is 5.87. The minimum Gasteiger partial charge on any atom is -0.481 e. The van der Waals surface area contributed by atoms with Gasteiger partial charge in [0.25, 0.3) is 0 Å². The van der Waals surface area contributed by atoms with E-state index >= 15 is 0 Å². The first-order chi connectivity index (χ1) is 11.9. The smallest absolute Gasteiger partial charge is 0.311 e. The number of carboxylic acids is 2. The third-order valence-electron chi connectivity index (χ3n) is 6.73. The van der Waals surface area contributed by atoms with E-state index in [4.69, 9.17) is 0 Å². The molecule has 3 unspecified atom stereocenters. The van der Waals surface area contributed by atoms with Crippen LogP contribution in [0.15, 0.2) is 0 Å². The highest BCUT2D eigenvalue weighted by Crippen LogP contribution is 2.58. The molecule has 0 spiro atoms. The summed E-state index contributed by atoms with van der Waals surface area (Å²) in [5, 5.41) is 20.2. The number of carbonyl (C=O) groups is 2. The highest BCUT2D eigenvalue weighted by Gasteiger charge is 2.63. The van der Waals surface area contributed by atoms with Crippen LogP contribution in [0.4, 0.5) is 0 Å². The second-order valence-electron chi connectivity index (χ2n) is 8.05. The number of hydrogen-bond donors (Lipinski definition) is 2. The molecule has 3 atom stereocenters. The van der Waals surface area contributed by atoms with Crippen LogP contribution in [0, 0.1) is 16.7 Å². The van der Waals surface area contributed by atoms with Crippen molar-refractivity contribution in [3.8, 4) is 0 Å². The van der Waals surface area contributed by atoms with Gasteiger partial charge in [0.2, 0.25) is 0 Å². The van der Waals surface area contributed by atoms with Crippen LogP contribution < -0.4 is 0 Å². The second kappa shape index (κ2) is 10.2. The van der Waals surface area contributed by atoms with Gasteiger partial charge in [0.1, 0.15) is 0 Å². The quantitative estimate of drug-likeness (QED) is 0.429. The minimum atomic E-state index is -1.12. The third kappa shape index (κ3) is 4.57. The fraction of sp³-hybridized carbons (Fsp3) is 0.905. The lowest BCUT2D eigenvalue weighted by molar-refractivity contribution is -0.188. The summed E-state index contributed by atoms with van der Waals surface area (Å²) in [4.78, 5) is 24.7. The molecule has 0 aromatic carbocycles. The van der Waals surface area contributed by atoms with E-state index in [0.717, 1.165) is 32.1 Å². The SMILES string of the molecule is CCCCCCCCCC1(C(=O)O)CCCCC1(C(=O)O)C(C)CC. The van der Waals surface area contributed by atoms with Crippen molar-refractivity contribution in [3.63, 3.8) is 0 Å². The Kier molecular flexibility index (Phi) is 8.95. The molecule has 25 heavy (non-hydrogen) atoms. The largest absolute Gasteiger partial charge is 0.481 e. The molecule has 0 saturated heterocycles. The highest BCUT2D eigenvalue weighted by atomic mass is 16.4. The average molecular weight is 355 g/mol. The fourth-order valence-electron chi connectivity index (χ4n) is 5.02. The summed E-state index contributed by atoms with van der Waals surface area (Å²) in [6, 6.07) is 0. The molecule has 4 heteroatoms. The molecule has 0 aromatic rings. The van der Waals surface area contributed by atoms with Crippen LogP contribution in [0.1, 0.15) is 104 Å². The Morgan fingerprint density at radius 3 is 1.96 bits per heavy atom. The van der Waals surface area contributed by atoms with Crippen LogP contribution in [-0.4, -0.2) is 22.2 Å². The molecule has 1 fully saturated rings. The zero-order valence-electron chi connectivity index (χ0n) is 16.5. The van der Waals surface area contributed by atoms with Gasteiger partial charge < -0.3 is 10.2 Å². The fourth-order valence-corrected chi connectivity index (χ4v) is 5.02. The molecule has 1 aliphatic rings. The van der Waals surface area contributed by atoms with Gasteiger partial charge in [-0.3, -0.25) is 9.59 Å². The molecule has 1 aliphatic carbocycles. The van der Waals surface area contributed by atoms with Crippen LogP contribution in [0.3, 0.4) is 0 Å². The lowest BCUT2D eigenvalue weighted by atomic mass is 9.49. The summed E-state index contributed by atoms with van der Waals surface area (Å²) in [6.07, 6.45) is 11.7. The van der Waals surface area contributed by atoms with Gasteiger partial charge in [-0.15, -0.1) is 0 Å². The molecule has 1 saturated carbocycles. The maximum atomic E-state index is 12.4. The van der Waals surface area contributed by atoms with Crippen molar-refractivity contribution in [2.24, 2.45) is 16.7 Å². The summed E-state index contributed by atoms with van der Waals surface area (Å²) in [5.41, 5.74) is -2.22. The summed E-state index contributed by atoms with van der Waals surface area (Å²) < 4.78 is 0. The maximum Gasteiger partial charge on any atom is 0.311 e. The summed E-state index contributed by atoms with van der Waals surface area (Å²) in [6.45, 7) is 6.10. The summed E-state index contributed by atoms with van der Waals surface area (Å²) >= 11 is 0. The average Bonchev–Trinajstić information content (AvgIpc) is 2.60. The third-order valence-corrected chi connectivity index (χ3v) is 6.73. The van der Waals surface area contributed by atoms with Gasteiger partial charge >= 0.3 is 11.9 Å². The normalized spacial score (nSPS) is 27.8. The van der Waals surface area contributed by atoms with E-state index in [1.165, 1.54) is 25.7 Å². The first-order valence-corrected chi connectivity index (χ1v) is 10.4. The Morgan fingerprint density at radius 2 is 1.44 bits per heavy atom. The van der Waals surface area contributed by atoms with Crippen molar-refractivity contribution >= 4 is 11.9 Å². The van der Waals surface area contributed by atoms with Gasteiger partial charge in [-0.05, 0) is 25.2 Å². The molecule has 1 rings (SSSR count). The monoisotopic (exact) mass is 354 g/mol. The van der Waals surface area contributed by atoms with Crippen LogP contribution in [0.25, 0.3) is 0 Å². The molecule has 0 aliphatic heterocycles. The summed E-state index contributed by atoms with van der Waals surface area (Å²) in [7, 11) is 0. The van der Waals surface area contributed by atoms with Crippen molar-refractivity contribution in [1.29, 1.82) is 0 Å². The molecule has 4 nitrogen and oxygen atoms in total. The zero-order valence-corrected chi connectivity index (χ0v) is 16.5. The van der Waals surface area contributed by atoms with Crippen molar-refractivity contribution in [3.05, 3.63) is 0 Å². The van der Waals surface area contributed by atoms with E-state index < -0.39 is 22.8 Å². The van der Waals surface area contributed by atoms with Gasteiger partial charge in [0.15, 0.2) is 0 Å². The molecule has 0 amide bonds. The van der Waals surface area contributed by atoms with E-state index in [2.05, 4.69) is 6.92 Å². The predicted molar refractivity (Wildman–Crippen MR) is 101 cm³/mol. The van der Waals surface area contributed by atoms with Crippen molar-refractivity contribution < 1.29 is 19.8 Å². The second-order valence-corrected chi connectivity index (χ2v) is 8.05. The zero-order chi connectivity index (χ0) is 18.9. The molecule has 146 valence electrons. The Hall–Kier alpha value is -1.06. The van der Waals surface area contributed by atoms with Gasteiger partial charge in [0.05, 0.1) is 10.8 Å². The molecule has 2 N–H and O–H groups in total. The number of rotatable bonds is 12. The molecular formula is C21H38O4. The Bertz CT molecular complexity index is 434. The minimum absolute atomic E-state index is 0.119. The first kappa shape index (κ1) is 22.0. The summed E-state index contributed by atoms with van der Waals surface area (Å²) in [5.74, 6) is -1.90. The molecule has 0 aromatic heterocycles. The van der Waals surface area contributed by atoms with Crippen LogP contribution in [0.5, 0.6) is 0 Å². The van der Waals surface area contributed by atoms with E-state index in [-0.39, 0.29) is 5.92 Å². The van der Waals surface area contributed by atoms with Gasteiger partial charge in [-0.1, -0.05) is 85.0 Å². The van der Waals surface area contributed by atoms with Crippen LogP contribution in [-0.2, 0) is 9.59 Å². The molecular weight excluding hydrogens is 316 g/mol. The van der Waals surface area contributed by atoms with E-state index in [1.807, 2.05) is 13.8 Å². The molecule has 0 radical (unpaired) electrons. The topological polar surface area (TPSA) is 74.6 Å². The van der Waals surface area contributed by atoms with Crippen LogP contribution in [0.2, 0.25) is 0 Å². The molecule has 0 heterocycles. The van der Waals surface area contributed by atoms with Crippen LogP contribution >= 0.6 is 0 Å². The van der Waals surface area contributed by atoms with Crippen molar-refractivity contribution in [2.45, 2.75) is 104 Å². The molecule has 0 bridgehead atoms. The Morgan fingerprint density at radius 1 is 0.880 bits per heavy atom. The number of hydrogen-bond acceptors (Lipinski definition) is 2. The Balaban J connectivity index is 2.90. The Labute approximate surface area is 153 Å². The number of aliphatic carboxylic acids is 2. The van der Waals surface area contributed by atoms with Gasteiger partial charge in [0, 0.05) is 0 Å².